The number of benzene rings is 1. The maximum Gasteiger partial charge on any atom is 0.251 e. The Morgan fingerprint density at radius 1 is 1.35 bits per heavy atom. The van der Waals surface area contributed by atoms with Crippen LogP contribution >= 0.6 is 11.6 Å². The molecule has 0 spiro atoms. The number of carbonyl (C=O) groups excluding carboxylic acids is 2. The van der Waals surface area contributed by atoms with Crippen LogP contribution in [-0.4, -0.2) is 24.9 Å². The average molecular weight is 296 g/mol. The summed E-state index contributed by atoms with van der Waals surface area (Å²) >= 11 is 6.05. The third kappa shape index (κ3) is 3.11. The van der Waals surface area contributed by atoms with Gasteiger partial charge < -0.3 is 16.4 Å². The lowest BCUT2D eigenvalue weighted by Gasteiger charge is -2.16. The molecule has 108 valence electrons. The van der Waals surface area contributed by atoms with Crippen molar-refractivity contribution in [3.63, 3.8) is 0 Å². The summed E-state index contributed by atoms with van der Waals surface area (Å²) in [6, 6.07) is 4.67. The van der Waals surface area contributed by atoms with Crippen LogP contribution in [0.2, 0.25) is 5.02 Å². The van der Waals surface area contributed by atoms with Crippen LogP contribution in [0.25, 0.3) is 0 Å². The van der Waals surface area contributed by atoms with Gasteiger partial charge in [-0.15, -0.1) is 0 Å². The number of nitrogens with two attached hydrogens (primary N) is 1. The molecule has 2 unspecified atom stereocenters. The van der Waals surface area contributed by atoms with Gasteiger partial charge in [0.25, 0.3) is 5.91 Å². The smallest absolute Gasteiger partial charge is 0.251 e. The summed E-state index contributed by atoms with van der Waals surface area (Å²) < 4.78 is 0. The van der Waals surface area contributed by atoms with Gasteiger partial charge in [-0.1, -0.05) is 18.0 Å². The first-order chi connectivity index (χ1) is 9.52. The first-order valence-electron chi connectivity index (χ1n) is 6.61. The average Bonchev–Trinajstić information content (AvgIpc) is 2.86. The topological polar surface area (TPSA) is 84.2 Å². The largest absolute Gasteiger partial charge is 0.355 e. The Hall–Kier alpha value is -1.59. The van der Waals surface area contributed by atoms with E-state index in [1.54, 1.807) is 25.2 Å². The Morgan fingerprint density at radius 3 is 2.70 bits per heavy atom. The number of anilines is 1. The molecule has 6 heteroatoms. The molecular weight excluding hydrogens is 278 g/mol. The zero-order valence-corrected chi connectivity index (χ0v) is 12.0. The van der Waals surface area contributed by atoms with Crippen molar-refractivity contribution in [3.8, 4) is 0 Å². The zero-order valence-electron chi connectivity index (χ0n) is 11.3. The summed E-state index contributed by atoms with van der Waals surface area (Å²) in [6.07, 6.45) is 2.62. The van der Waals surface area contributed by atoms with Gasteiger partial charge in [-0.2, -0.15) is 0 Å². The molecule has 20 heavy (non-hydrogen) atoms. The van der Waals surface area contributed by atoms with Crippen LogP contribution in [0, 0.1) is 5.92 Å². The molecule has 1 fully saturated rings. The van der Waals surface area contributed by atoms with E-state index in [0.29, 0.717) is 16.3 Å². The van der Waals surface area contributed by atoms with Gasteiger partial charge in [0.1, 0.15) is 0 Å². The highest BCUT2D eigenvalue weighted by Crippen LogP contribution is 2.28. The minimum absolute atomic E-state index is 0.101. The Balaban J connectivity index is 2.16. The summed E-state index contributed by atoms with van der Waals surface area (Å²) in [5.41, 5.74) is 6.80. The summed E-state index contributed by atoms with van der Waals surface area (Å²) in [5, 5.41) is 5.70. The number of hydrogen-bond donors (Lipinski definition) is 3. The van der Waals surface area contributed by atoms with Crippen molar-refractivity contribution in [2.75, 3.05) is 12.4 Å². The lowest BCUT2D eigenvalue weighted by atomic mass is 10.0. The van der Waals surface area contributed by atoms with E-state index in [0.717, 1.165) is 19.3 Å². The van der Waals surface area contributed by atoms with E-state index < -0.39 is 0 Å². The van der Waals surface area contributed by atoms with Crippen LogP contribution in [-0.2, 0) is 4.79 Å². The number of amides is 2. The van der Waals surface area contributed by atoms with E-state index in [1.165, 1.54) is 0 Å². The highest BCUT2D eigenvalue weighted by molar-refractivity contribution is 6.33. The molecule has 0 aliphatic heterocycles. The molecule has 0 aromatic heterocycles. The molecule has 1 aromatic rings. The van der Waals surface area contributed by atoms with Gasteiger partial charge in [-0.25, -0.2) is 0 Å². The van der Waals surface area contributed by atoms with Crippen LogP contribution in [0.15, 0.2) is 18.2 Å². The lowest BCUT2D eigenvalue weighted by molar-refractivity contribution is -0.120. The quantitative estimate of drug-likeness (QED) is 0.794. The van der Waals surface area contributed by atoms with E-state index in [2.05, 4.69) is 10.6 Å². The molecule has 5 nitrogen and oxygen atoms in total. The normalized spacial score (nSPS) is 21.6. The number of carbonyl (C=O) groups is 2. The van der Waals surface area contributed by atoms with Crippen LogP contribution in [0.5, 0.6) is 0 Å². The first-order valence-corrected chi connectivity index (χ1v) is 6.99. The predicted molar refractivity (Wildman–Crippen MR) is 78.8 cm³/mol. The summed E-state index contributed by atoms with van der Waals surface area (Å²) in [6.45, 7) is 0. The van der Waals surface area contributed by atoms with Gasteiger partial charge in [-0.3, -0.25) is 9.59 Å². The van der Waals surface area contributed by atoms with Crippen molar-refractivity contribution in [1.29, 1.82) is 0 Å². The van der Waals surface area contributed by atoms with Crippen molar-refractivity contribution in [2.45, 2.75) is 25.3 Å². The molecule has 2 rings (SSSR count). The fourth-order valence-corrected chi connectivity index (χ4v) is 2.61. The molecule has 1 aliphatic rings. The third-order valence-corrected chi connectivity index (χ3v) is 3.95. The molecule has 0 bridgehead atoms. The molecule has 0 heterocycles. The fourth-order valence-electron chi connectivity index (χ4n) is 2.45. The molecule has 1 aromatic carbocycles. The van der Waals surface area contributed by atoms with Gasteiger partial charge in [-0.05, 0) is 31.0 Å². The van der Waals surface area contributed by atoms with E-state index in [-0.39, 0.29) is 23.8 Å². The minimum atomic E-state index is -0.227. The second-order valence-electron chi connectivity index (χ2n) is 4.96. The second-order valence-corrected chi connectivity index (χ2v) is 5.37. The Labute approximate surface area is 122 Å². The van der Waals surface area contributed by atoms with Crippen molar-refractivity contribution in [1.82, 2.24) is 5.32 Å². The standard InChI is InChI=1S/C14H18ClN3O2/c1-17-13(19)8-5-6-10(15)12(7-8)18-14(20)9-3-2-4-11(9)16/h5-7,9,11H,2-4,16H2,1H3,(H,17,19)(H,18,20). The number of hydrogen-bond acceptors (Lipinski definition) is 3. The highest BCUT2D eigenvalue weighted by Gasteiger charge is 2.30. The van der Waals surface area contributed by atoms with Crippen molar-refractivity contribution in [2.24, 2.45) is 11.7 Å². The summed E-state index contributed by atoms with van der Waals surface area (Å²) in [5.74, 6) is -0.546. The van der Waals surface area contributed by atoms with Crippen LogP contribution in [0.4, 0.5) is 5.69 Å². The van der Waals surface area contributed by atoms with Crippen molar-refractivity contribution >= 4 is 29.1 Å². The van der Waals surface area contributed by atoms with E-state index >= 15 is 0 Å². The Kier molecular flexibility index (Phi) is 4.62. The molecule has 2 amide bonds. The van der Waals surface area contributed by atoms with E-state index in [9.17, 15) is 9.59 Å². The maximum absolute atomic E-state index is 12.2. The predicted octanol–water partition coefficient (Wildman–Crippen LogP) is 1.77. The third-order valence-electron chi connectivity index (χ3n) is 3.62. The van der Waals surface area contributed by atoms with Gasteiger partial charge in [0.15, 0.2) is 0 Å². The fraction of sp³-hybridized carbons (Fsp3) is 0.429. The molecule has 0 saturated heterocycles. The number of nitrogens with one attached hydrogen (secondary N) is 2. The zero-order chi connectivity index (χ0) is 14.7. The second kappa shape index (κ2) is 6.24. The monoisotopic (exact) mass is 295 g/mol. The van der Waals surface area contributed by atoms with Crippen LogP contribution in [0.1, 0.15) is 29.6 Å². The highest BCUT2D eigenvalue weighted by atomic mass is 35.5. The minimum Gasteiger partial charge on any atom is -0.355 e. The molecule has 2 atom stereocenters. The number of rotatable bonds is 3. The van der Waals surface area contributed by atoms with Gasteiger partial charge in [0.05, 0.1) is 16.6 Å². The van der Waals surface area contributed by atoms with Gasteiger partial charge >= 0.3 is 0 Å². The first kappa shape index (κ1) is 14.8. The molecule has 4 N–H and O–H groups in total. The van der Waals surface area contributed by atoms with E-state index in [4.69, 9.17) is 17.3 Å². The van der Waals surface area contributed by atoms with Crippen LogP contribution in [0.3, 0.4) is 0 Å². The lowest BCUT2D eigenvalue weighted by Crippen LogP contribution is -2.34. The van der Waals surface area contributed by atoms with Gasteiger partial charge in [0, 0.05) is 18.7 Å². The Morgan fingerprint density at radius 2 is 2.10 bits per heavy atom. The SMILES string of the molecule is CNC(=O)c1ccc(Cl)c(NC(=O)C2CCCC2N)c1. The molecule has 0 radical (unpaired) electrons. The van der Waals surface area contributed by atoms with Gasteiger partial charge in [0.2, 0.25) is 5.91 Å². The molecule has 1 saturated carbocycles. The van der Waals surface area contributed by atoms with Crippen LogP contribution < -0.4 is 16.4 Å². The summed E-state index contributed by atoms with van der Waals surface area (Å²) in [4.78, 5) is 23.8. The summed E-state index contributed by atoms with van der Waals surface area (Å²) in [7, 11) is 1.55. The van der Waals surface area contributed by atoms with Crippen molar-refractivity contribution in [3.05, 3.63) is 28.8 Å². The number of halogens is 1. The molecule has 1 aliphatic carbocycles. The Bertz CT molecular complexity index is 533. The molecular formula is C14H18ClN3O2. The maximum atomic E-state index is 12.2. The van der Waals surface area contributed by atoms with E-state index in [1.807, 2.05) is 0 Å². The van der Waals surface area contributed by atoms with Crippen molar-refractivity contribution < 1.29 is 9.59 Å².